The highest BCUT2D eigenvalue weighted by Crippen LogP contribution is 2.33. The van der Waals surface area contributed by atoms with Crippen molar-refractivity contribution >= 4 is 17.2 Å². The first kappa shape index (κ1) is 14.9. The number of ether oxygens (including phenoxy) is 1. The fraction of sp³-hybridized carbons (Fsp3) is 0.529. The van der Waals surface area contributed by atoms with Crippen LogP contribution in [0.3, 0.4) is 0 Å². The zero-order chi connectivity index (χ0) is 15.8. The molecule has 1 atom stereocenters. The van der Waals surface area contributed by atoms with Crippen molar-refractivity contribution in [2.75, 3.05) is 19.8 Å². The van der Waals surface area contributed by atoms with Gasteiger partial charge in [-0.1, -0.05) is 6.07 Å². The number of carbonyl (C=O) groups is 1. The van der Waals surface area contributed by atoms with E-state index in [4.69, 9.17) is 4.74 Å². The van der Waals surface area contributed by atoms with Crippen LogP contribution in [-0.2, 0) is 18.2 Å². The van der Waals surface area contributed by atoms with Crippen molar-refractivity contribution in [2.45, 2.75) is 25.3 Å². The Morgan fingerprint density at radius 1 is 1.43 bits per heavy atom. The smallest absolute Gasteiger partial charge is 0.264 e. The highest BCUT2D eigenvalue weighted by atomic mass is 32.1. The maximum atomic E-state index is 12.9. The number of amides is 1. The number of aromatic nitrogens is 2. The molecule has 4 rings (SSSR count). The number of fused-ring (bicyclic) bond motifs is 1. The largest absolute Gasteiger partial charge is 0.379 e. The molecule has 2 aliphatic rings. The lowest BCUT2D eigenvalue weighted by Gasteiger charge is -2.35. The predicted octanol–water partition coefficient (Wildman–Crippen LogP) is 2.65. The van der Waals surface area contributed by atoms with Gasteiger partial charge in [0.1, 0.15) is 0 Å². The van der Waals surface area contributed by atoms with Crippen molar-refractivity contribution in [3.8, 4) is 0 Å². The molecule has 0 aromatic carbocycles. The summed E-state index contributed by atoms with van der Waals surface area (Å²) in [7, 11) is 1.95. The van der Waals surface area contributed by atoms with Crippen molar-refractivity contribution in [1.82, 2.24) is 14.7 Å². The molecule has 3 heterocycles. The van der Waals surface area contributed by atoms with Gasteiger partial charge >= 0.3 is 0 Å². The van der Waals surface area contributed by atoms with Gasteiger partial charge in [0.25, 0.3) is 5.91 Å². The molecule has 1 amide bonds. The van der Waals surface area contributed by atoms with Crippen LogP contribution in [-0.4, -0.2) is 40.3 Å². The van der Waals surface area contributed by atoms with Gasteiger partial charge in [0.2, 0.25) is 0 Å². The van der Waals surface area contributed by atoms with E-state index in [9.17, 15) is 4.79 Å². The molecule has 1 aliphatic carbocycles. The summed E-state index contributed by atoms with van der Waals surface area (Å²) in [5.41, 5.74) is 2.36. The molecule has 1 unspecified atom stereocenters. The first-order chi connectivity index (χ1) is 11.2. The maximum Gasteiger partial charge on any atom is 0.264 e. The van der Waals surface area contributed by atoms with Gasteiger partial charge in [0.05, 0.1) is 29.4 Å². The SMILES string of the molecule is Cn1ncc2c1C(COCC1CC1)N(C(=O)c1cccs1)CC2. The van der Waals surface area contributed by atoms with Crippen molar-refractivity contribution in [3.63, 3.8) is 0 Å². The van der Waals surface area contributed by atoms with E-state index in [1.54, 1.807) is 0 Å². The second-order valence-electron chi connectivity index (χ2n) is 6.40. The van der Waals surface area contributed by atoms with Gasteiger partial charge in [-0.3, -0.25) is 9.48 Å². The lowest BCUT2D eigenvalue weighted by Crippen LogP contribution is -2.42. The third-order valence-corrected chi connectivity index (χ3v) is 5.56. The lowest BCUT2D eigenvalue weighted by atomic mass is 10.00. The van der Waals surface area contributed by atoms with Crippen molar-refractivity contribution in [2.24, 2.45) is 13.0 Å². The van der Waals surface area contributed by atoms with Crippen LogP contribution in [0, 0.1) is 5.92 Å². The highest BCUT2D eigenvalue weighted by Gasteiger charge is 2.35. The van der Waals surface area contributed by atoms with Gasteiger partial charge in [-0.25, -0.2) is 0 Å². The number of nitrogens with zero attached hydrogens (tertiary/aromatic N) is 3. The fourth-order valence-corrected chi connectivity index (χ4v) is 3.92. The second-order valence-corrected chi connectivity index (χ2v) is 7.35. The van der Waals surface area contributed by atoms with Crippen LogP contribution in [0.4, 0.5) is 0 Å². The fourth-order valence-electron chi connectivity index (χ4n) is 3.24. The van der Waals surface area contributed by atoms with Gasteiger partial charge in [-0.15, -0.1) is 11.3 Å². The van der Waals surface area contributed by atoms with E-state index >= 15 is 0 Å². The first-order valence-electron chi connectivity index (χ1n) is 8.17. The van der Waals surface area contributed by atoms with Crippen LogP contribution < -0.4 is 0 Å². The molecule has 2 aromatic rings. The minimum atomic E-state index is -0.0420. The molecule has 0 N–H and O–H groups in total. The van der Waals surface area contributed by atoms with Crippen molar-refractivity contribution in [1.29, 1.82) is 0 Å². The van der Waals surface area contributed by atoms with Crippen LogP contribution in [0.15, 0.2) is 23.7 Å². The van der Waals surface area contributed by atoms with E-state index in [2.05, 4.69) is 5.10 Å². The maximum absolute atomic E-state index is 12.9. The number of hydrogen-bond donors (Lipinski definition) is 0. The van der Waals surface area contributed by atoms with E-state index in [1.165, 1.54) is 29.7 Å². The Bertz CT molecular complexity index is 691. The Labute approximate surface area is 139 Å². The number of rotatable bonds is 5. The van der Waals surface area contributed by atoms with Gasteiger partial charge in [-0.2, -0.15) is 5.10 Å². The molecule has 5 nitrogen and oxygen atoms in total. The zero-order valence-electron chi connectivity index (χ0n) is 13.3. The summed E-state index contributed by atoms with van der Waals surface area (Å²) < 4.78 is 7.84. The summed E-state index contributed by atoms with van der Waals surface area (Å²) in [5, 5.41) is 6.34. The van der Waals surface area contributed by atoms with E-state index in [0.717, 1.165) is 36.1 Å². The molecule has 1 aliphatic heterocycles. The molecule has 0 saturated heterocycles. The van der Waals surface area contributed by atoms with Crippen LogP contribution in [0.5, 0.6) is 0 Å². The van der Waals surface area contributed by atoms with E-state index in [0.29, 0.717) is 6.61 Å². The molecule has 2 aromatic heterocycles. The minimum absolute atomic E-state index is 0.0420. The Hall–Kier alpha value is -1.66. The number of aryl methyl sites for hydroxylation is 1. The number of carbonyl (C=O) groups excluding carboxylic acids is 1. The quantitative estimate of drug-likeness (QED) is 0.846. The Kier molecular flexibility index (Phi) is 3.95. The number of thiophene rings is 1. The monoisotopic (exact) mass is 331 g/mol. The lowest BCUT2D eigenvalue weighted by molar-refractivity contribution is 0.0351. The molecular formula is C17H21N3O2S. The second kappa shape index (κ2) is 6.09. The average molecular weight is 331 g/mol. The van der Waals surface area contributed by atoms with Gasteiger partial charge in [0.15, 0.2) is 0 Å². The topological polar surface area (TPSA) is 47.4 Å². The van der Waals surface area contributed by atoms with E-state index in [1.807, 2.05) is 40.3 Å². The summed E-state index contributed by atoms with van der Waals surface area (Å²) in [5.74, 6) is 0.831. The molecule has 23 heavy (non-hydrogen) atoms. The molecule has 6 heteroatoms. The van der Waals surface area contributed by atoms with Gasteiger partial charge in [-0.05, 0) is 42.2 Å². The summed E-state index contributed by atoms with van der Waals surface area (Å²) in [4.78, 5) is 15.6. The minimum Gasteiger partial charge on any atom is -0.379 e. The first-order valence-corrected chi connectivity index (χ1v) is 9.05. The Morgan fingerprint density at radius 3 is 3.04 bits per heavy atom. The zero-order valence-corrected chi connectivity index (χ0v) is 14.1. The Morgan fingerprint density at radius 2 is 2.30 bits per heavy atom. The van der Waals surface area contributed by atoms with E-state index < -0.39 is 0 Å². The summed E-state index contributed by atoms with van der Waals surface area (Å²) in [6.45, 7) is 2.09. The number of hydrogen-bond acceptors (Lipinski definition) is 4. The summed E-state index contributed by atoms with van der Waals surface area (Å²) in [6.07, 6.45) is 5.34. The summed E-state index contributed by atoms with van der Waals surface area (Å²) in [6, 6.07) is 3.78. The van der Waals surface area contributed by atoms with Crippen molar-refractivity contribution < 1.29 is 9.53 Å². The molecule has 1 saturated carbocycles. The predicted molar refractivity (Wildman–Crippen MR) is 88.6 cm³/mol. The van der Waals surface area contributed by atoms with Gasteiger partial charge < -0.3 is 9.64 Å². The van der Waals surface area contributed by atoms with E-state index in [-0.39, 0.29) is 11.9 Å². The van der Waals surface area contributed by atoms with Crippen LogP contribution in [0.2, 0.25) is 0 Å². The standard InChI is InChI=1S/C17H21N3O2S/c1-19-16-13(9-18-19)6-7-20(17(21)15-3-2-8-23-15)14(16)11-22-10-12-4-5-12/h2-3,8-9,12,14H,4-7,10-11H2,1H3. The molecule has 0 radical (unpaired) electrons. The Balaban J connectivity index is 1.58. The summed E-state index contributed by atoms with van der Waals surface area (Å²) >= 11 is 1.50. The molecular weight excluding hydrogens is 310 g/mol. The molecule has 0 spiro atoms. The highest BCUT2D eigenvalue weighted by molar-refractivity contribution is 7.12. The third-order valence-electron chi connectivity index (χ3n) is 4.70. The van der Waals surface area contributed by atoms with Gasteiger partial charge in [0, 0.05) is 20.2 Å². The normalized spacial score (nSPS) is 20.6. The molecule has 1 fully saturated rings. The third kappa shape index (κ3) is 2.93. The molecule has 0 bridgehead atoms. The molecule has 122 valence electrons. The van der Waals surface area contributed by atoms with Crippen molar-refractivity contribution in [3.05, 3.63) is 39.8 Å². The average Bonchev–Trinajstić information content (AvgIpc) is 3.07. The van der Waals surface area contributed by atoms with Crippen LogP contribution in [0.25, 0.3) is 0 Å². The van der Waals surface area contributed by atoms with Crippen LogP contribution in [0.1, 0.15) is 39.8 Å². The van der Waals surface area contributed by atoms with Crippen LogP contribution >= 0.6 is 11.3 Å².